The lowest BCUT2D eigenvalue weighted by Crippen LogP contribution is -2.57. The smallest absolute Gasteiger partial charge is 0.239 e. The van der Waals surface area contributed by atoms with E-state index in [1.807, 2.05) is 4.90 Å². The number of amides is 1. The van der Waals surface area contributed by atoms with Gasteiger partial charge in [-0.2, -0.15) is 0 Å². The normalized spacial score (nSPS) is 28.0. The zero-order valence-electron chi connectivity index (χ0n) is 14.8. The number of carbonyl (C=O) groups is 1. The fourth-order valence-corrected chi connectivity index (χ4v) is 4.57. The molecule has 5 nitrogen and oxygen atoms in total. The van der Waals surface area contributed by atoms with Crippen LogP contribution >= 0.6 is 0 Å². The van der Waals surface area contributed by atoms with E-state index in [2.05, 4.69) is 16.8 Å². The minimum absolute atomic E-state index is 0.208. The predicted octanol–water partition coefficient (Wildman–Crippen LogP) is 1.13. The Hall–Kier alpha value is -0.650. The van der Waals surface area contributed by atoms with Crippen molar-refractivity contribution >= 4 is 5.91 Å². The molecule has 0 aromatic rings. The standard InChI is InChI=1S/C18H34N4O/c1-20-9-7-16(8-10-20)21-11-13-22(14-12-21)18(23)17(19)15-5-3-2-4-6-15/h15-17H,2-14,19H2,1H3. The van der Waals surface area contributed by atoms with E-state index >= 15 is 0 Å². The first-order valence-electron chi connectivity index (χ1n) is 9.62. The van der Waals surface area contributed by atoms with E-state index in [9.17, 15) is 4.79 Å². The molecule has 0 bridgehead atoms. The van der Waals surface area contributed by atoms with Gasteiger partial charge < -0.3 is 15.5 Å². The average Bonchev–Trinajstić information content (AvgIpc) is 2.62. The van der Waals surface area contributed by atoms with Crippen LogP contribution in [0, 0.1) is 5.92 Å². The number of carbonyl (C=O) groups excluding carboxylic acids is 1. The molecule has 23 heavy (non-hydrogen) atoms. The van der Waals surface area contributed by atoms with E-state index in [1.165, 1.54) is 45.2 Å². The van der Waals surface area contributed by atoms with Gasteiger partial charge in [0.2, 0.25) is 5.91 Å². The summed E-state index contributed by atoms with van der Waals surface area (Å²) >= 11 is 0. The first-order chi connectivity index (χ1) is 11.1. The Kier molecular flexibility index (Phi) is 5.94. The van der Waals surface area contributed by atoms with Crippen LogP contribution in [0.1, 0.15) is 44.9 Å². The third-order valence-corrected chi connectivity index (χ3v) is 6.27. The van der Waals surface area contributed by atoms with Crippen LogP contribution in [0.4, 0.5) is 0 Å². The molecule has 3 rings (SSSR count). The molecule has 132 valence electrons. The highest BCUT2D eigenvalue weighted by atomic mass is 16.2. The first kappa shape index (κ1) is 17.2. The van der Waals surface area contributed by atoms with Crippen LogP contribution in [0.25, 0.3) is 0 Å². The van der Waals surface area contributed by atoms with Gasteiger partial charge >= 0.3 is 0 Å². The van der Waals surface area contributed by atoms with Crippen molar-refractivity contribution in [1.29, 1.82) is 0 Å². The minimum Gasteiger partial charge on any atom is -0.339 e. The molecule has 1 saturated carbocycles. The molecule has 2 aliphatic heterocycles. The second-order valence-corrected chi connectivity index (χ2v) is 7.82. The molecule has 2 heterocycles. The fraction of sp³-hybridized carbons (Fsp3) is 0.944. The third-order valence-electron chi connectivity index (χ3n) is 6.27. The quantitative estimate of drug-likeness (QED) is 0.846. The van der Waals surface area contributed by atoms with E-state index in [-0.39, 0.29) is 11.9 Å². The first-order valence-corrected chi connectivity index (χ1v) is 9.62. The van der Waals surface area contributed by atoms with Gasteiger partial charge in [-0.15, -0.1) is 0 Å². The van der Waals surface area contributed by atoms with Crippen molar-refractivity contribution in [1.82, 2.24) is 14.7 Å². The Morgan fingerprint density at radius 3 is 2.13 bits per heavy atom. The maximum Gasteiger partial charge on any atom is 0.239 e. The Bertz CT molecular complexity index is 380. The predicted molar refractivity (Wildman–Crippen MR) is 93.2 cm³/mol. The summed E-state index contributed by atoms with van der Waals surface area (Å²) in [5.74, 6) is 0.628. The largest absolute Gasteiger partial charge is 0.339 e. The van der Waals surface area contributed by atoms with E-state index < -0.39 is 0 Å². The molecule has 1 aliphatic carbocycles. The summed E-state index contributed by atoms with van der Waals surface area (Å²) in [7, 11) is 2.21. The number of likely N-dealkylation sites (tertiary alicyclic amines) is 1. The summed E-state index contributed by atoms with van der Waals surface area (Å²) in [5.41, 5.74) is 6.31. The lowest BCUT2D eigenvalue weighted by atomic mass is 9.83. The second-order valence-electron chi connectivity index (χ2n) is 7.82. The van der Waals surface area contributed by atoms with Crippen LogP contribution in [0.3, 0.4) is 0 Å². The van der Waals surface area contributed by atoms with Gasteiger partial charge in [-0.3, -0.25) is 9.69 Å². The summed E-state index contributed by atoms with van der Waals surface area (Å²) in [5, 5.41) is 0. The molecule has 3 aliphatic rings. The molecule has 0 aromatic carbocycles. The summed E-state index contributed by atoms with van der Waals surface area (Å²) < 4.78 is 0. The van der Waals surface area contributed by atoms with Crippen LogP contribution in [-0.2, 0) is 4.79 Å². The van der Waals surface area contributed by atoms with Gasteiger partial charge in [0.15, 0.2) is 0 Å². The highest BCUT2D eigenvalue weighted by Gasteiger charge is 2.33. The number of piperazine rings is 1. The number of hydrogen-bond donors (Lipinski definition) is 1. The zero-order valence-corrected chi connectivity index (χ0v) is 14.8. The summed E-state index contributed by atoms with van der Waals surface area (Å²) in [6.45, 7) is 6.19. The second kappa shape index (κ2) is 7.95. The van der Waals surface area contributed by atoms with Crippen molar-refractivity contribution in [2.45, 2.75) is 57.0 Å². The van der Waals surface area contributed by atoms with Crippen molar-refractivity contribution in [3.8, 4) is 0 Å². The summed E-state index contributed by atoms with van der Waals surface area (Å²) in [4.78, 5) is 19.7. The fourth-order valence-electron chi connectivity index (χ4n) is 4.57. The number of nitrogens with two attached hydrogens (primary N) is 1. The van der Waals surface area contributed by atoms with Crippen molar-refractivity contribution < 1.29 is 4.79 Å². The monoisotopic (exact) mass is 322 g/mol. The maximum atomic E-state index is 12.7. The van der Waals surface area contributed by atoms with Crippen molar-refractivity contribution in [3.05, 3.63) is 0 Å². The van der Waals surface area contributed by atoms with Gasteiger partial charge in [-0.25, -0.2) is 0 Å². The number of piperidine rings is 1. The molecule has 0 spiro atoms. The highest BCUT2D eigenvalue weighted by Crippen LogP contribution is 2.27. The molecular formula is C18H34N4O. The molecule has 0 aromatic heterocycles. The van der Waals surface area contributed by atoms with E-state index in [1.54, 1.807) is 0 Å². The van der Waals surface area contributed by atoms with Crippen molar-refractivity contribution in [2.75, 3.05) is 46.3 Å². The third kappa shape index (κ3) is 4.25. The van der Waals surface area contributed by atoms with E-state index in [4.69, 9.17) is 5.73 Å². The molecular weight excluding hydrogens is 288 g/mol. The molecule has 2 saturated heterocycles. The molecule has 1 amide bonds. The Morgan fingerprint density at radius 1 is 0.913 bits per heavy atom. The van der Waals surface area contributed by atoms with Crippen molar-refractivity contribution in [3.63, 3.8) is 0 Å². The summed E-state index contributed by atoms with van der Waals surface area (Å²) in [6, 6.07) is 0.459. The van der Waals surface area contributed by atoms with E-state index in [0.29, 0.717) is 5.92 Å². The van der Waals surface area contributed by atoms with Crippen LogP contribution in [0.2, 0.25) is 0 Å². The molecule has 1 unspecified atom stereocenters. The van der Waals surface area contributed by atoms with Crippen LogP contribution in [0.15, 0.2) is 0 Å². The average molecular weight is 322 g/mol. The van der Waals surface area contributed by atoms with Gasteiger partial charge in [0, 0.05) is 32.2 Å². The zero-order chi connectivity index (χ0) is 16.2. The van der Waals surface area contributed by atoms with Crippen molar-refractivity contribution in [2.24, 2.45) is 11.7 Å². The lowest BCUT2D eigenvalue weighted by molar-refractivity contribution is -0.136. The van der Waals surface area contributed by atoms with Crippen LogP contribution < -0.4 is 5.73 Å². The Balaban J connectivity index is 1.45. The molecule has 0 radical (unpaired) electrons. The highest BCUT2D eigenvalue weighted by molar-refractivity contribution is 5.82. The Morgan fingerprint density at radius 2 is 1.52 bits per heavy atom. The molecule has 3 fully saturated rings. The number of nitrogens with zero attached hydrogens (tertiary/aromatic N) is 3. The van der Waals surface area contributed by atoms with Gasteiger partial charge in [-0.1, -0.05) is 19.3 Å². The Labute approximate surface area is 141 Å². The van der Waals surface area contributed by atoms with Crippen LogP contribution in [-0.4, -0.2) is 79.0 Å². The van der Waals surface area contributed by atoms with Gasteiger partial charge in [0.1, 0.15) is 0 Å². The molecule has 2 N–H and O–H groups in total. The minimum atomic E-state index is -0.259. The SMILES string of the molecule is CN1CCC(N2CCN(C(=O)C(N)C3CCCCC3)CC2)CC1. The lowest BCUT2D eigenvalue weighted by Gasteiger charge is -2.43. The number of rotatable bonds is 3. The summed E-state index contributed by atoms with van der Waals surface area (Å²) in [6.07, 6.45) is 8.63. The maximum absolute atomic E-state index is 12.7. The number of hydrogen-bond acceptors (Lipinski definition) is 4. The topological polar surface area (TPSA) is 52.8 Å². The van der Waals surface area contributed by atoms with Gasteiger partial charge in [-0.05, 0) is 51.7 Å². The molecule has 1 atom stereocenters. The molecule has 5 heteroatoms. The van der Waals surface area contributed by atoms with Gasteiger partial charge in [0.25, 0.3) is 0 Å². The van der Waals surface area contributed by atoms with Gasteiger partial charge in [0.05, 0.1) is 6.04 Å². The van der Waals surface area contributed by atoms with E-state index in [0.717, 1.165) is 45.1 Å². The van der Waals surface area contributed by atoms with Crippen LogP contribution in [0.5, 0.6) is 0 Å².